The third-order valence-electron chi connectivity index (χ3n) is 3.16. The van der Waals surface area contributed by atoms with Crippen molar-refractivity contribution in [3.05, 3.63) is 23.7 Å². The minimum atomic E-state index is -4.19. The van der Waals surface area contributed by atoms with E-state index < -0.39 is 12.7 Å². The molecule has 6 heteroatoms. The van der Waals surface area contributed by atoms with Gasteiger partial charge in [-0.25, -0.2) is 0 Å². The molecule has 21 heavy (non-hydrogen) atoms. The summed E-state index contributed by atoms with van der Waals surface area (Å²) in [5, 5.41) is 3.24. The van der Waals surface area contributed by atoms with Gasteiger partial charge in [0.05, 0.1) is 19.4 Å². The monoisotopic (exact) mass is 306 g/mol. The van der Waals surface area contributed by atoms with Crippen LogP contribution in [0.4, 0.5) is 13.2 Å². The molecule has 0 bridgehead atoms. The minimum Gasteiger partial charge on any atom is -0.468 e. The van der Waals surface area contributed by atoms with E-state index in [2.05, 4.69) is 19.2 Å². The quantitative estimate of drug-likeness (QED) is 0.792. The van der Waals surface area contributed by atoms with E-state index in [9.17, 15) is 13.2 Å². The molecule has 0 aromatic carbocycles. The Bertz CT molecular complexity index is 413. The van der Waals surface area contributed by atoms with Gasteiger partial charge < -0.3 is 9.73 Å². The van der Waals surface area contributed by atoms with Gasteiger partial charge in [0.1, 0.15) is 5.76 Å². The molecule has 0 unspecified atom stereocenters. The molecule has 0 spiro atoms. The Labute approximate surface area is 124 Å². The summed E-state index contributed by atoms with van der Waals surface area (Å²) in [6, 6.07) is 1.57. The van der Waals surface area contributed by atoms with Gasteiger partial charge in [-0.05, 0) is 32.4 Å². The molecule has 0 fully saturated rings. The fourth-order valence-corrected chi connectivity index (χ4v) is 2.01. The molecule has 1 heterocycles. The Morgan fingerprint density at radius 1 is 1.24 bits per heavy atom. The zero-order valence-corrected chi connectivity index (χ0v) is 13.1. The van der Waals surface area contributed by atoms with E-state index in [1.54, 1.807) is 19.9 Å². The van der Waals surface area contributed by atoms with Crippen LogP contribution >= 0.6 is 0 Å². The average Bonchev–Trinajstić information content (AvgIpc) is 2.73. The summed E-state index contributed by atoms with van der Waals surface area (Å²) in [6.07, 6.45) is -2.65. The molecule has 0 aliphatic rings. The lowest BCUT2D eigenvalue weighted by atomic mass is 10.2. The van der Waals surface area contributed by atoms with Crippen molar-refractivity contribution >= 4 is 0 Å². The molecule has 0 aliphatic carbocycles. The highest BCUT2D eigenvalue weighted by Crippen LogP contribution is 2.21. The summed E-state index contributed by atoms with van der Waals surface area (Å²) in [6.45, 7) is 8.45. The second-order valence-corrected chi connectivity index (χ2v) is 6.01. The molecule has 0 saturated carbocycles. The zero-order valence-electron chi connectivity index (χ0n) is 13.1. The Kier molecular flexibility index (Phi) is 6.74. The van der Waals surface area contributed by atoms with Crippen molar-refractivity contribution < 1.29 is 17.6 Å². The molecule has 1 aromatic heterocycles. The molecule has 1 rings (SSSR count). The van der Waals surface area contributed by atoms with E-state index in [4.69, 9.17) is 4.42 Å². The molecule has 122 valence electrons. The number of hydrogen-bond donors (Lipinski definition) is 1. The summed E-state index contributed by atoms with van der Waals surface area (Å²) in [5.74, 6) is 1.23. The first kappa shape index (κ1) is 18.0. The third-order valence-corrected chi connectivity index (χ3v) is 3.16. The summed E-state index contributed by atoms with van der Waals surface area (Å²) in [7, 11) is 0. The predicted molar refractivity (Wildman–Crippen MR) is 76.9 cm³/mol. The van der Waals surface area contributed by atoms with Crippen LogP contribution < -0.4 is 5.32 Å². The lowest BCUT2D eigenvalue weighted by molar-refractivity contribution is -0.150. The van der Waals surface area contributed by atoms with Gasteiger partial charge >= 0.3 is 6.18 Å². The van der Waals surface area contributed by atoms with Crippen LogP contribution in [0.3, 0.4) is 0 Å². The molecule has 0 atom stereocenters. The minimum absolute atomic E-state index is 0.182. The lowest BCUT2D eigenvalue weighted by Gasteiger charge is -2.27. The second kappa shape index (κ2) is 7.84. The molecule has 1 N–H and O–H groups in total. The fourth-order valence-electron chi connectivity index (χ4n) is 2.01. The van der Waals surface area contributed by atoms with E-state index in [0.717, 1.165) is 12.1 Å². The largest absolute Gasteiger partial charge is 0.468 e. The Morgan fingerprint density at radius 3 is 2.43 bits per heavy atom. The van der Waals surface area contributed by atoms with Crippen LogP contribution in [0.5, 0.6) is 0 Å². The molecular weight excluding hydrogens is 281 g/mol. The number of rotatable bonds is 8. The van der Waals surface area contributed by atoms with Crippen LogP contribution in [0, 0.1) is 5.92 Å². The topological polar surface area (TPSA) is 28.4 Å². The van der Waals surface area contributed by atoms with Gasteiger partial charge in [0.2, 0.25) is 0 Å². The van der Waals surface area contributed by atoms with Crippen LogP contribution in [0.1, 0.15) is 39.0 Å². The van der Waals surface area contributed by atoms with Gasteiger partial charge in [-0.3, -0.25) is 4.90 Å². The standard InChI is InChI=1S/C15H25F3N2O/c1-11(2)7-19-8-14-13(5-6-21-14)9-20(12(3)4)10-15(16,17)18/h5-6,11-12,19H,7-10H2,1-4H3. The van der Waals surface area contributed by atoms with Gasteiger partial charge in [0.15, 0.2) is 0 Å². The molecular formula is C15H25F3N2O. The number of hydrogen-bond acceptors (Lipinski definition) is 3. The zero-order chi connectivity index (χ0) is 16.0. The first-order valence-electron chi connectivity index (χ1n) is 7.25. The van der Waals surface area contributed by atoms with E-state index in [0.29, 0.717) is 18.2 Å². The van der Waals surface area contributed by atoms with Gasteiger partial charge in [-0.15, -0.1) is 0 Å². The Morgan fingerprint density at radius 2 is 1.90 bits per heavy atom. The van der Waals surface area contributed by atoms with Gasteiger partial charge in [0.25, 0.3) is 0 Å². The number of nitrogens with one attached hydrogen (secondary N) is 1. The number of alkyl halides is 3. The SMILES string of the molecule is CC(C)CNCc1occc1CN(CC(F)(F)F)C(C)C. The van der Waals surface area contributed by atoms with Gasteiger partial charge in [-0.2, -0.15) is 13.2 Å². The Balaban J connectivity index is 2.65. The maximum absolute atomic E-state index is 12.6. The van der Waals surface area contributed by atoms with Crippen molar-refractivity contribution in [2.45, 2.75) is 53.0 Å². The van der Waals surface area contributed by atoms with E-state index >= 15 is 0 Å². The normalized spacial score (nSPS) is 12.9. The second-order valence-electron chi connectivity index (χ2n) is 6.01. The summed E-state index contributed by atoms with van der Waals surface area (Å²) in [5.41, 5.74) is 0.809. The first-order valence-corrected chi connectivity index (χ1v) is 7.25. The summed E-state index contributed by atoms with van der Waals surface area (Å²) < 4.78 is 43.2. The van der Waals surface area contributed by atoms with Crippen molar-refractivity contribution in [2.75, 3.05) is 13.1 Å². The Hall–Kier alpha value is -1.01. The van der Waals surface area contributed by atoms with Crippen molar-refractivity contribution in [2.24, 2.45) is 5.92 Å². The summed E-state index contributed by atoms with van der Waals surface area (Å²) >= 11 is 0. The number of furan rings is 1. The van der Waals surface area contributed by atoms with Crippen molar-refractivity contribution in [1.82, 2.24) is 10.2 Å². The predicted octanol–water partition coefficient (Wildman–Crippen LogP) is 3.80. The fraction of sp³-hybridized carbons (Fsp3) is 0.733. The highest BCUT2D eigenvalue weighted by Gasteiger charge is 2.32. The highest BCUT2D eigenvalue weighted by atomic mass is 19.4. The highest BCUT2D eigenvalue weighted by molar-refractivity contribution is 5.17. The van der Waals surface area contributed by atoms with Crippen molar-refractivity contribution in [1.29, 1.82) is 0 Å². The van der Waals surface area contributed by atoms with Crippen molar-refractivity contribution in [3.8, 4) is 0 Å². The molecule has 3 nitrogen and oxygen atoms in total. The first-order chi connectivity index (χ1) is 9.69. The maximum atomic E-state index is 12.6. The number of halogens is 3. The van der Waals surface area contributed by atoms with Crippen molar-refractivity contribution in [3.63, 3.8) is 0 Å². The number of nitrogens with zero attached hydrogens (tertiary/aromatic N) is 1. The lowest BCUT2D eigenvalue weighted by Crippen LogP contribution is -2.38. The van der Waals surface area contributed by atoms with E-state index in [1.165, 1.54) is 11.2 Å². The maximum Gasteiger partial charge on any atom is 0.401 e. The third kappa shape index (κ3) is 7.00. The van der Waals surface area contributed by atoms with Crippen LogP contribution in [-0.2, 0) is 13.1 Å². The van der Waals surface area contributed by atoms with E-state index in [-0.39, 0.29) is 12.6 Å². The van der Waals surface area contributed by atoms with Crippen LogP contribution in [0.2, 0.25) is 0 Å². The van der Waals surface area contributed by atoms with E-state index in [1.807, 2.05) is 0 Å². The molecule has 1 aromatic rings. The summed E-state index contributed by atoms with van der Waals surface area (Å²) in [4.78, 5) is 1.40. The molecule has 0 aliphatic heterocycles. The smallest absolute Gasteiger partial charge is 0.401 e. The molecule has 0 saturated heterocycles. The van der Waals surface area contributed by atoms with Gasteiger partial charge in [-0.1, -0.05) is 13.8 Å². The van der Waals surface area contributed by atoms with Gasteiger partial charge in [0, 0.05) is 18.2 Å². The average molecular weight is 306 g/mol. The van der Waals surface area contributed by atoms with Crippen LogP contribution in [0.25, 0.3) is 0 Å². The van der Waals surface area contributed by atoms with Crippen LogP contribution in [0.15, 0.2) is 16.7 Å². The molecule has 0 radical (unpaired) electrons. The van der Waals surface area contributed by atoms with Crippen LogP contribution in [-0.4, -0.2) is 30.2 Å². The molecule has 0 amide bonds.